The molecule has 2 rings (SSSR count). The molecule has 18 heavy (non-hydrogen) atoms. The summed E-state index contributed by atoms with van der Waals surface area (Å²) < 4.78 is 14.0. The molecule has 0 spiro atoms. The molecule has 1 atom stereocenters. The molecule has 0 saturated carbocycles. The minimum absolute atomic E-state index is 0.339. The quantitative estimate of drug-likeness (QED) is 0.571. The van der Waals surface area contributed by atoms with Gasteiger partial charge in [-0.05, 0) is 11.5 Å². The third-order valence-corrected chi connectivity index (χ3v) is 2.98. The molecule has 9 heteroatoms. The van der Waals surface area contributed by atoms with E-state index in [2.05, 4.69) is 25.0 Å². The second-order valence-electron chi connectivity index (χ2n) is 3.23. The topological polar surface area (TPSA) is 108 Å². The first-order valence-corrected chi connectivity index (χ1v) is 5.75. The number of hydrazine groups is 1. The molecular weight excluding hydrogens is 256 g/mol. The van der Waals surface area contributed by atoms with Crippen LogP contribution in [-0.2, 0) is 0 Å². The number of methoxy groups -OCH3 is 2. The third kappa shape index (κ3) is 2.37. The van der Waals surface area contributed by atoms with Crippen molar-refractivity contribution in [3.8, 4) is 11.8 Å². The first-order valence-electron chi connectivity index (χ1n) is 4.98. The number of nitrogens with two attached hydrogens (primary N) is 1. The summed E-state index contributed by atoms with van der Waals surface area (Å²) in [6, 6.07) is -0.377. The highest BCUT2D eigenvalue weighted by Crippen LogP contribution is 2.28. The van der Waals surface area contributed by atoms with Crippen molar-refractivity contribution in [3.63, 3.8) is 0 Å². The van der Waals surface area contributed by atoms with Crippen molar-refractivity contribution in [1.82, 2.24) is 25.0 Å². The van der Waals surface area contributed by atoms with Crippen LogP contribution in [0.2, 0.25) is 0 Å². The van der Waals surface area contributed by atoms with Crippen molar-refractivity contribution in [2.75, 3.05) is 14.2 Å². The first-order chi connectivity index (χ1) is 8.80. The summed E-state index contributed by atoms with van der Waals surface area (Å²) in [6.45, 7) is 0. The van der Waals surface area contributed by atoms with E-state index in [4.69, 9.17) is 15.3 Å². The fourth-order valence-electron chi connectivity index (χ4n) is 1.41. The Balaban J connectivity index is 2.42. The van der Waals surface area contributed by atoms with Crippen LogP contribution in [0.1, 0.15) is 16.6 Å². The number of hydrogen-bond donors (Lipinski definition) is 2. The highest BCUT2D eigenvalue weighted by Gasteiger charge is 2.22. The highest BCUT2D eigenvalue weighted by molar-refractivity contribution is 7.05. The zero-order chi connectivity index (χ0) is 13.0. The molecule has 1 unspecified atom stereocenters. The van der Waals surface area contributed by atoms with Gasteiger partial charge in [-0.1, -0.05) is 4.49 Å². The van der Waals surface area contributed by atoms with Crippen LogP contribution in [0.15, 0.2) is 12.4 Å². The average Bonchev–Trinajstić information content (AvgIpc) is 2.94. The minimum atomic E-state index is -0.377. The third-order valence-electron chi connectivity index (χ3n) is 2.25. The lowest BCUT2D eigenvalue weighted by Crippen LogP contribution is -2.29. The Morgan fingerprint density at radius 2 is 2.17 bits per heavy atom. The molecule has 2 heterocycles. The van der Waals surface area contributed by atoms with Gasteiger partial charge in [0.1, 0.15) is 11.7 Å². The van der Waals surface area contributed by atoms with Crippen molar-refractivity contribution in [2.24, 2.45) is 5.84 Å². The Morgan fingerprint density at radius 1 is 1.33 bits per heavy atom. The smallest absolute Gasteiger partial charge is 0.240 e. The van der Waals surface area contributed by atoms with Gasteiger partial charge in [-0.2, -0.15) is 4.98 Å². The van der Waals surface area contributed by atoms with Gasteiger partial charge in [0.25, 0.3) is 0 Å². The summed E-state index contributed by atoms with van der Waals surface area (Å²) in [4.78, 5) is 9.21. The van der Waals surface area contributed by atoms with Gasteiger partial charge in [-0.3, -0.25) is 5.84 Å². The van der Waals surface area contributed by atoms with E-state index in [1.54, 1.807) is 6.20 Å². The summed E-state index contributed by atoms with van der Waals surface area (Å²) in [5, 5.41) is 3.77. The molecule has 0 aromatic carbocycles. The predicted octanol–water partition coefficient (Wildman–Crippen LogP) is -0.102. The van der Waals surface area contributed by atoms with Crippen LogP contribution >= 0.6 is 11.5 Å². The summed E-state index contributed by atoms with van der Waals surface area (Å²) in [5.74, 6) is 6.24. The normalized spacial score (nSPS) is 12.2. The van der Waals surface area contributed by atoms with Crippen LogP contribution in [0.5, 0.6) is 11.8 Å². The number of nitrogens with one attached hydrogen (secondary N) is 1. The predicted molar refractivity (Wildman–Crippen MR) is 64.2 cm³/mol. The van der Waals surface area contributed by atoms with Gasteiger partial charge in [0.15, 0.2) is 0 Å². The lowest BCUT2D eigenvalue weighted by atomic mass is 10.2. The van der Waals surface area contributed by atoms with Crippen molar-refractivity contribution < 1.29 is 9.47 Å². The molecule has 0 aliphatic rings. The Morgan fingerprint density at radius 3 is 2.72 bits per heavy atom. The lowest BCUT2D eigenvalue weighted by molar-refractivity contribution is 0.353. The Bertz CT molecular complexity index is 506. The number of aromatic nitrogens is 4. The van der Waals surface area contributed by atoms with E-state index in [1.807, 2.05) is 0 Å². The number of ether oxygens (including phenoxy) is 2. The fourth-order valence-corrected chi connectivity index (χ4v) is 1.98. The van der Waals surface area contributed by atoms with E-state index in [0.717, 1.165) is 4.88 Å². The van der Waals surface area contributed by atoms with Crippen molar-refractivity contribution >= 4 is 11.5 Å². The summed E-state index contributed by atoms with van der Waals surface area (Å²) >= 11 is 1.22. The summed E-state index contributed by atoms with van der Waals surface area (Å²) in [7, 11) is 3.01. The summed E-state index contributed by atoms with van der Waals surface area (Å²) in [5.41, 5.74) is 3.19. The molecule has 0 aliphatic heterocycles. The van der Waals surface area contributed by atoms with E-state index in [-0.39, 0.29) is 6.04 Å². The molecule has 3 N–H and O–H groups in total. The largest absolute Gasteiger partial charge is 0.480 e. The Labute approximate surface area is 107 Å². The van der Waals surface area contributed by atoms with Crippen molar-refractivity contribution in [2.45, 2.75) is 6.04 Å². The first kappa shape index (κ1) is 12.6. The average molecular weight is 268 g/mol. The van der Waals surface area contributed by atoms with E-state index in [9.17, 15) is 0 Å². The maximum Gasteiger partial charge on any atom is 0.240 e. The Hall–Kier alpha value is -1.84. The van der Waals surface area contributed by atoms with Gasteiger partial charge in [0.05, 0.1) is 31.5 Å². The second-order valence-corrected chi connectivity index (χ2v) is 4.04. The second kappa shape index (κ2) is 5.67. The van der Waals surface area contributed by atoms with Gasteiger partial charge in [-0.25, -0.2) is 10.4 Å². The number of hydrogen-bond acceptors (Lipinski definition) is 9. The lowest BCUT2D eigenvalue weighted by Gasteiger charge is -2.15. The fraction of sp³-hybridized carbons (Fsp3) is 0.333. The molecule has 0 radical (unpaired) electrons. The molecule has 8 nitrogen and oxygen atoms in total. The number of nitrogens with zero attached hydrogens (tertiary/aromatic N) is 4. The van der Waals surface area contributed by atoms with Crippen LogP contribution in [0, 0.1) is 0 Å². The maximum absolute atomic E-state index is 5.54. The highest BCUT2D eigenvalue weighted by atomic mass is 32.1. The molecule has 0 amide bonds. The van der Waals surface area contributed by atoms with Crippen molar-refractivity contribution in [3.05, 3.63) is 23.0 Å². The SMILES string of the molecule is COc1cnc(C(NN)c2cnns2)c(OC)n1. The van der Waals surface area contributed by atoms with E-state index >= 15 is 0 Å². The van der Waals surface area contributed by atoms with E-state index in [1.165, 1.54) is 31.9 Å². The van der Waals surface area contributed by atoms with Crippen molar-refractivity contribution in [1.29, 1.82) is 0 Å². The minimum Gasteiger partial charge on any atom is -0.480 e. The monoisotopic (exact) mass is 268 g/mol. The molecule has 0 saturated heterocycles. The maximum atomic E-state index is 5.54. The van der Waals surface area contributed by atoms with Crippen LogP contribution in [0.4, 0.5) is 0 Å². The molecular formula is C9H12N6O2S. The van der Waals surface area contributed by atoms with E-state index < -0.39 is 0 Å². The molecule has 96 valence electrons. The number of rotatable bonds is 5. The molecule has 0 fully saturated rings. The van der Waals surface area contributed by atoms with Crippen LogP contribution in [-0.4, -0.2) is 33.8 Å². The van der Waals surface area contributed by atoms with Gasteiger partial charge in [0.2, 0.25) is 11.8 Å². The molecule has 2 aromatic heterocycles. The zero-order valence-electron chi connectivity index (χ0n) is 9.82. The standard InChI is InChI=1S/C9H12N6O2S/c1-16-6-4-11-8(9(13-6)17-2)7(14-10)5-3-12-15-18-5/h3-4,7,14H,10H2,1-2H3. The van der Waals surface area contributed by atoms with E-state index in [0.29, 0.717) is 17.5 Å². The van der Waals surface area contributed by atoms with Crippen LogP contribution < -0.4 is 20.7 Å². The molecule has 2 aromatic rings. The Kier molecular flexibility index (Phi) is 3.97. The van der Waals surface area contributed by atoms with Crippen LogP contribution in [0.3, 0.4) is 0 Å². The van der Waals surface area contributed by atoms with Gasteiger partial charge >= 0.3 is 0 Å². The van der Waals surface area contributed by atoms with Gasteiger partial charge in [-0.15, -0.1) is 5.10 Å². The zero-order valence-corrected chi connectivity index (χ0v) is 10.6. The molecule has 0 bridgehead atoms. The van der Waals surface area contributed by atoms with Crippen LogP contribution in [0.25, 0.3) is 0 Å². The van der Waals surface area contributed by atoms with Gasteiger partial charge in [0, 0.05) is 0 Å². The molecule has 0 aliphatic carbocycles. The summed E-state index contributed by atoms with van der Waals surface area (Å²) in [6.07, 6.45) is 3.11. The van der Waals surface area contributed by atoms with Gasteiger partial charge < -0.3 is 9.47 Å².